The Kier molecular flexibility index (Phi) is 3.96. The maximum Gasteiger partial charge on any atom is 0.155 e. The highest BCUT2D eigenvalue weighted by atomic mass is 15.3. The smallest absolute Gasteiger partial charge is 0.155 e. The van der Waals surface area contributed by atoms with E-state index in [1.807, 2.05) is 43.5 Å². The number of aromatic nitrogens is 6. The highest BCUT2D eigenvalue weighted by molar-refractivity contribution is 5.77. The van der Waals surface area contributed by atoms with E-state index in [4.69, 9.17) is 9.97 Å². The molecule has 5 rings (SSSR count). The van der Waals surface area contributed by atoms with E-state index in [1.54, 1.807) is 10.8 Å². The zero-order chi connectivity index (χ0) is 18.2. The molecule has 1 fully saturated rings. The SMILES string of the molecule is Cc1cccc(-c2[nH]c(CCCC3CC3)nc2-c2ccc3ncnn3c2)n1. The van der Waals surface area contributed by atoms with Crippen LogP contribution in [-0.2, 0) is 6.42 Å². The highest BCUT2D eigenvalue weighted by Gasteiger charge is 2.21. The van der Waals surface area contributed by atoms with Crippen LogP contribution in [0, 0.1) is 12.8 Å². The van der Waals surface area contributed by atoms with E-state index < -0.39 is 0 Å². The summed E-state index contributed by atoms with van der Waals surface area (Å²) in [5.41, 5.74) is 5.65. The van der Waals surface area contributed by atoms with Gasteiger partial charge in [-0.2, -0.15) is 5.10 Å². The predicted molar refractivity (Wildman–Crippen MR) is 104 cm³/mol. The Bertz CT molecular complexity index is 1090. The lowest BCUT2D eigenvalue weighted by molar-refractivity contribution is 0.654. The summed E-state index contributed by atoms with van der Waals surface area (Å²) in [5, 5.41) is 4.26. The number of H-pyrrole nitrogens is 1. The number of pyridine rings is 2. The molecule has 6 nitrogen and oxygen atoms in total. The first-order valence-electron chi connectivity index (χ1n) is 9.59. The molecular formula is C21H22N6. The van der Waals surface area contributed by atoms with Crippen LogP contribution in [0.4, 0.5) is 0 Å². The maximum atomic E-state index is 4.94. The van der Waals surface area contributed by atoms with Crippen molar-refractivity contribution < 1.29 is 0 Å². The summed E-state index contributed by atoms with van der Waals surface area (Å²) in [6.45, 7) is 2.01. The molecular weight excluding hydrogens is 336 g/mol. The molecule has 0 radical (unpaired) electrons. The van der Waals surface area contributed by atoms with Crippen LogP contribution >= 0.6 is 0 Å². The van der Waals surface area contributed by atoms with Crippen LogP contribution in [0.15, 0.2) is 42.9 Å². The topological polar surface area (TPSA) is 71.8 Å². The number of nitrogens with zero attached hydrogens (tertiary/aromatic N) is 5. The molecule has 0 saturated heterocycles. The van der Waals surface area contributed by atoms with Crippen LogP contribution < -0.4 is 0 Å². The van der Waals surface area contributed by atoms with Crippen LogP contribution in [0.2, 0.25) is 0 Å². The lowest BCUT2D eigenvalue weighted by Gasteiger charge is -2.04. The number of aromatic amines is 1. The highest BCUT2D eigenvalue weighted by Crippen LogP contribution is 2.34. The number of aryl methyl sites for hydroxylation is 2. The van der Waals surface area contributed by atoms with Crippen molar-refractivity contribution in [3.8, 4) is 22.6 Å². The molecule has 136 valence electrons. The van der Waals surface area contributed by atoms with Crippen LogP contribution in [0.5, 0.6) is 0 Å². The van der Waals surface area contributed by atoms with Crippen LogP contribution in [0.25, 0.3) is 28.3 Å². The molecule has 0 unspecified atom stereocenters. The van der Waals surface area contributed by atoms with Gasteiger partial charge in [-0.25, -0.2) is 14.5 Å². The second-order valence-corrected chi connectivity index (χ2v) is 7.39. The second kappa shape index (κ2) is 6.61. The van der Waals surface area contributed by atoms with Crippen molar-refractivity contribution in [2.75, 3.05) is 0 Å². The Morgan fingerprint density at radius 3 is 2.93 bits per heavy atom. The Morgan fingerprint density at radius 1 is 1.15 bits per heavy atom. The van der Waals surface area contributed by atoms with Gasteiger partial charge in [0, 0.05) is 23.9 Å². The van der Waals surface area contributed by atoms with Gasteiger partial charge in [-0.1, -0.05) is 25.3 Å². The van der Waals surface area contributed by atoms with Crippen LogP contribution in [0.1, 0.15) is 37.2 Å². The zero-order valence-corrected chi connectivity index (χ0v) is 15.4. The summed E-state index contributed by atoms with van der Waals surface area (Å²) in [7, 11) is 0. The molecule has 0 bridgehead atoms. The molecule has 27 heavy (non-hydrogen) atoms. The fraction of sp³-hybridized carbons (Fsp3) is 0.333. The molecule has 0 aromatic carbocycles. The Morgan fingerprint density at radius 2 is 2.07 bits per heavy atom. The number of fused-ring (bicyclic) bond motifs is 1. The minimum absolute atomic E-state index is 0.828. The van der Waals surface area contributed by atoms with Gasteiger partial charge in [-0.05, 0) is 43.5 Å². The number of rotatable bonds is 6. The fourth-order valence-corrected chi connectivity index (χ4v) is 3.54. The molecule has 4 heterocycles. The molecule has 6 heteroatoms. The third kappa shape index (κ3) is 3.35. The largest absolute Gasteiger partial charge is 0.340 e. The monoisotopic (exact) mass is 358 g/mol. The third-order valence-corrected chi connectivity index (χ3v) is 5.17. The lowest BCUT2D eigenvalue weighted by atomic mass is 10.1. The summed E-state index contributed by atoms with van der Waals surface area (Å²) in [5.74, 6) is 1.98. The van der Waals surface area contributed by atoms with E-state index in [0.29, 0.717) is 0 Å². The maximum absolute atomic E-state index is 4.94. The van der Waals surface area contributed by atoms with Gasteiger partial charge in [-0.3, -0.25) is 4.98 Å². The average molecular weight is 358 g/mol. The van der Waals surface area contributed by atoms with Crippen molar-refractivity contribution in [3.63, 3.8) is 0 Å². The molecule has 1 aliphatic rings. The fourth-order valence-electron chi connectivity index (χ4n) is 3.54. The number of hydrogen-bond acceptors (Lipinski definition) is 4. The zero-order valence-electron chi connectivity index (χ0n) is 15.4. The average Bonchev–Trinajstić information content (AvgIpc) is 3.21. The van der Waals surface area contributed by atoms with E-state index in [0.717, 1.165) is 52.1 Å². The Hall–Kier alpha value is -3.02. The Balaban J connectivity index is 1.55. The number of nitrogens with one attached hydrogen (secondary N) is 1. The van der Waals surface area contributed by atoms with E-state index >= 15 is 0 Å². The van der Waals surface area contributed by atoms with Gasteiger partial charge in [0.2, 0.25) is 0 Å². The van der Waals surface area contributed by atoms with Gasteiger partial charge in [0.05, 0.1) is 17.1 Å². The number of hydrogen-bond donors (Lipinski definition) is 1. The predicted octanol–water partition coefficient (Wildman–Crippen LogP) is 4.22. The summed E-state index contributed by atoms with van der Waals surface area (Å²) in [4.78, 5) is 17.4. The second-order valence-electron chi connectivity index (χ2n) is 7.39. The summed E-state index contributed by atoms with van der Waals surface area (Å²) in [6.07, 6.45) is 9.81. The van der Waals surface area contributed by atoms with Gasteiger partial charge >= 0.3 is 0 Å². The normalized spacial score (nSPS) is 14.1. The van der Waals surface area contributed by atoms with Gasteiger partial charge in [0.25, 0.3) is 0 Å². The molecule has 1 aliphatic carbocycles. The molecule has 0 aliphatic heterocycles. The summed E-state index contributed by atoms with van der Waals surface area (Å²) >= 11 is 0. The van der Waals surface area contributed by atoms with E-state index in [2.05, 4.69) is 15.1 Å². The first-order valence-corrected chi connectivity index (χ1v) is 9.59. The van der Waals surface area contributed by atoms with Gasteiger partial charge in [0.1, 0.15) is 12.2 Å². The van der Waals surface area contributed by atoms with Crippen molar-refractivity contribution >= 4 is 5.65 Å². The van der Waals surface area contributed by atoms with Crippen molar-refractivity contribution in [1.82, 2.24) is 29.5 Å². The van der Waals surface area contributed by atoms with Crippen molar-refractivity contribution in [2.45, 2.75) is 39.0 Å². The molecule has 0 spiro atoms. The van der Waals surface area contributed by atoms with Gasteiger partial charge in [-0.15, -0.1) is 0 Å². The molecule has 0 atom stereocenters. The third-order valence-electron chi connectivity index (χ3n) is 5.17. The molecule has 1 N–H and O–H groups in total. The van der Waals surface area contributed by atoms with Crippen molar-refractivity contribution in [1.29, 1.82) is 0 Å². The summed E-state index contributed by atoms with van der Waals surface area (Å²) in [6, 6.07) is 10.1. The number of imidazole rings is 1. The van der Waals surface area contributed by atoms with Crippen molar-refractivity contribution in [3.05, 3.63) is 54.4 Å². The van der Waals surface area contributed by atoms with Crippen LogP contribution in [0.3, 0.4) is 0 Å². The van der Waals surface area contributed by atoms with E-state index in [9.17, 15) is 0 Å². The molecule has 1 saturated carbocycles. The molecule has 0 amide bonds. The van der Waals surface area contributed by atoms with Crippen LogP contribution in [-0.4, -0.2) is 29.5 Å². The van der Waals surface area contributed by atoms with Crippen molar-refractivity contribution in [2.24, 2.45) is 5.92 Å². The first kappa shape index (κ1) is 16.2. The Labute approximate surface area is 157 Å². The van der Waals surface area contributed by atoms with Gasteiger partial charge in [0.15, 0.2) is 5.65 Å². The molecule has 4 aromatic heterocycles. The minimum atomic E-state index is 0.828. The first-order chi connectivity index (χ1) is 13.3. The van der Waals surface area contributed by atoms with E-state index in [1.165, 1.54) is 25.7 Å². The van der Waals surface area contributed by atoms with Gasteiger partial charge < -0.3 is 4.98 Å². The van der Waals surface area contributed by atoms with E-state index in [-0.39, 0.29) is 0 Å². The lowest BCUT2D eigenvalue weighted by Crippen LogP contribution is -1.92. The minimum Gasteiger partial charge on any atom is -0.340 e. The molecule has 4 aromatic rings. The summed E-state index contributed by atoms with van der Waals surface area (Å²) < 4.78 is 1.78. The standard InChI is InChI=1S/C21H22N6/c1-14-4-2-6-17(24-14)21-20(16-10-11-19-22-13-23-27(19)12-16)25-18(26-21)7-3-5-15-8-9-15/h2,4,6,10-13,15H,3,5,7-9H2,1H3,(H,25,26). The quantitative estimate of drug-likeness (QED) is 0.560.